The minimum atomic E-state index is -4.62. The van der Waals surface area contributed by atoms with Gasteiger partial charge >= 0.3 is 6.18 Å². The number of rotatable bonds is 5. The quantitative estimate of drug-likeness (QED) is 0.516. The summed E-state index contributed by atoms with van der Waals surface area (Å²) in [5.74, 6) is -0.937. The van der Waals surface area contributed by atoms with Crippen LogP contribution >= 0.6 is 0 Å². The lowest BCUT2D eigenvalue weighted by Gasteiger charge is -2.35. The Morgan fingerprint density at radius 1 is 1.03 bits per heavy atom. The molecule has 3 rings (SSSR count). The normalized spacial score (nSPS) is 14.8. The summed E-state index contributed by atoms with van der Waals surface area (Å²) in [6.45, 7) is 1.10. The van der Waals surface area contributed by atoms with E-state index in [1.165, 1.54) is 52.3 Å². The molecule has 1 heterocycles. The van der Waals surface area contributed by atoms with Gasteiger partial charge in [0.25, 0.3) is 11.6 Å². The van der Waals surface area contributed by atoms with Crippen molar-refractivity contribution in [1.82, 2.24) is 9.80 Å². The average Bonchev–Trinajstić information content (AvgIpc) is 2.78. The van der Waals surface area contributed by atoms with E-state index in [4.69, 9.17) is 0 Å². The first-order valence-corrected chi connectivity index (χ1v) is 9.77. The fraction of sp³-hybridized carbons (Fsp3) is 0.333. The van der Waals surface area contributed by atoms with Crippen molar-refractivity contribution in [1.29, 1.82) is 0 Å². The van der Waals surface area contributed by atoms with E-state index in [2.05, 4.69) is 0 Å². The Hall–Kier alpha value is -3.47. The van der Waals surface area contributed by atoms with Crippen LogP contribution in [0.25, 0.3) is 0 Å². The van der Waals surface area contributed by atoms with E-state index in [1.807, 2.05) is 4.90 Å². The second-order valence-corrected chi connectivity index (χ2v) is 7.34. The molecule has 11 heteroatoms. The third kappa shape index (κ3) is 5.22. The minimum Gasteiger partial charge on any atom is -0.336 e. The maximum Gasteiger partial charge on any atom is 0.417 e. The molecule has 0 N–H and O–H groups in total. The number of benzene rings is 2. The second kappa shape index (κ2) is 9.35. The third-order valence-electron chi connectivity index (χ3n) is 5.30. The maximum absolute atomic E-state index is 13.2. The minimum absolute atomic E-state index is 0.0503. The molecule has 0 aliphatic carbocycles. The molecule has 1 saturated heterocycles. The van der Waals surface area contributed by atoms with Crippen molar-refractivity contribution in [3.8, 4) is 0 Å². The molecule has 2 amide bonds. The van der Waals surface area contributed by atoms with Crippen LogP contribution in [-0.4, -0.2) is 66.3 Å². The molecule has 0 aromatic heterocycles. The molecular formula is C21H21F3N4O4. The number of piperazine rings is 1. The molecule has 0 atom stereocenters. The third-order valence-corrected chi connectivity index (χ3v) is 5.30. The molecule has 1 aliphatic rings. The number of nitro groups is 1. The lowest BCUT2D eigenvalue weighted by Crippen LogP contribution is -2.51. The average molecular weight is 450 g/mol. The number of carbonyl (C=O) groups excluding carboxylic acids is 2. The highest BCUT2D eigenvalue weighted by Crippen LogP contribution is 2.32. The Morgan fingerprint density at radius 2 is 1.62 bits per heavy atom. The van der Waals surface area contributed by atoms with Crippen LogP contribution in [0.5, 0.6) is 0 Å². The Labute approximate surface area is 182 Å². The molecule has 32 heavy (non-hydrogen) atoms. The highest BCUT2D eigenvalue weighted by atomic mass is 19.4. The first-order chi connectivity index (χ1) is 15.1. The van der Waals surface area contributed by atoms with Crippen LogP contribution in [0.3, 0.4) is 0 Å². The zero-order valence-electron chi connectivity index (χ0n) is 17.2. The number of anilines is 1. The highest BCUT2D eigenvalue weighted by Gasteiger charge is 2.36. The number of nitro benzene ring substituents is 1. The smallest absolute Gasteiger partial charge is 0.336 e. The van der Waals surface area contributed by atoms with Gasteiger partial charge in [0.05, 0.1) is 22.6 Å². The zero-order chi connectivity index (χ0) is 23.5. The van der Waals surface area contributed by atoms with Gasteiger partial charge in [0.1, 0.15) is 0 Å². The number of halogens is 3. The largest absolute Gasteiger partial charge is 0.417 e. The fourth-order valence-corrected chi connectivity index (χ4v) is 3.44. The van der Waals surface area contributed by atoms with Gasteiger partial charge in [-0.05, 0) is 24.3 Å². The first kappa shape index (κ1) is 23.2. The summed E-state index contributed by atoms with van der Waals surface area (Å²) in [7, 11) is 1.55. The van der Waals surface area contributed by atoms with Crippen LogP contribution in [0.1, 0.15) is 15.9 Å². The summed E-state index contributed by atoms with van der Waals surface area (Å²) >= 11 is 0. The van der Waals surface area contributed by atoms with Crippen molar-refractivity contribution in [3.63, 3.8) is 0 Å². The van der Waals surface area contributed by atoms with Gasteiger partial charge in [-0.25, -0.2) is 0 Å². The van der Waals surface area contributed by atoms with Crippen LogP contribution < -0.4 is 4.90 Å². The molecule has 0 saturated carbocycles. The first-order valence-electron chi connectivity index (χ1n) is 9.77. The van der Waals surface area contributed by atoms with Crippen molar-refractivity contribution in [3.05, 3.63) is 69.8 Å². The summed E-state index contributed by atoms with van der Waals surface area (Å²) in [5.41, 5.74) is -0.935. The molecule has 0 bridgehead atoms. The molecule has 1 fully saturated rings. The maximum atomic E-state index is 13.2. The van der Waals surface area contributed by atoms with E-state index in [1.54, 1.807) is 7.05 Å². The van der Waals surface area contributed by atoms with Crippen LogP contribution in [-0.2, 0) is 11.0 Å². The summed E-state index contributed by atoms with van der Waals surface area (Å²) in [4.78, 5) is 40.0. The van der Waals surface area contributed by atoms with Gasteiger partial charge < -0.3 is 9.80 Å². The Bertz CT molecular complexity index is 1000. The second-order valence-electron chi connectivity index (χ2n) is 7.34. The highest BCUT2D eigenvalue weighted by molar-refractivity contribution is 5.96. The van der Waals surface area contributed by atoms with Crippen LogP contribution in [0, 0.1) is 10.1 Å². The van der Waals surface area contributed by atoms with Crippen molar-refractivity contribution < 1.29 is 27.7 Å². The number of likely N-dealkylation sites (N-methyl/N-ethyl adjacent to an activating group) is 1. The molecule has 0 radical (unpaired) electrons. The lowest BCUT2D eigenvalue weighted by atomic mass is 10.1. The van der Waals surface area contributed by atoms with E-state index < -0.39 is 22.6 Å². The Balaban J connectivity index is 1.57. The zero-order valence-corrected chi connectivity index (χ0v) is 17.2. The van der Waals surface area contributed by atoms with E-state index in [0.29, 0.717) is 18.8 Å². The Kier molecular flexibility index (Phi) is 6.78. The molecular weight excluding hydrogens is 429 g/mol. The van der Waals surface area contributed by atoms with E-state index in [0.717, 1.165) is 6.07 Å². The standard InChI is InChI=1S/C21H21F3N4O4/c1-25(15-6-8-16(9-7-15)28(31)32)19(29)14-26-10-12-27(13-11-26)20(30)17-4-2-3-5-18(17)21(22,23)24/h2-9H,10-14H2,1H3. The SMILES string of the molecule is CN(C(=O)CN1CCN(C(=O)c2ccccc2C(F)(F)F)CC1)c1ccc([N+](=O)[O-])cc1. The molecule has 2 aromatic carbocycles. The fourth-order valence-electron chi connectivity index (χ4n) is 3.44. The summed E-state index contributed by atoms with van der Waals surface area (Å²) in [6.07, 6.45) is -4.62. The number of nitrogens with zero attached hydrogens (tertiary/aromatic N) is 4. The van der Waals surface area contributed by atoms with Crippen molar-refractivity contribution in [2.75, 3.05) is 44.7 Å². The number of non-ortho nitro benzene ring substituents is 1. The van der Waals surface area contributed by atoms with E-state index in [-0.39, 0.29) is 36.8 Å². The van der Waals surface area contributed by atoms with E-state index in [9.17, 15) is 32.9 Å². The monoisotopic (exact) mass is 450 g/mol. The van der Waals surface area contributed by atoms with Gasteiger partial charge in [0.15, 0.2) is 0 Å². The predicted molar refractivity (Wildman–Crippen MR) is 110 cm³/mol. The van der Waals surface area contributed by atoms with Crippen LogP contribution in [0.15, 0.2) is 48.5 Å². The van der Waals surface area contributed by atoms with Gasteiger partial charge in [-0.1, -0.05) is 12.1 Å². The molecule has 1 aliphatic heterocycles. The molecule has 170 valence electrons. The van der Waals surface area contributed by atoms with Gasteiger partial charge in [-0.2, -0.15) is 13.2 Å². The molecule has 0 unspecified atom stereocenters. The van der Waals surface area contributed by atoms with Crippen molar-refractivity contribution in [2.24, 2.45) is 0 Å². The topological polar surface area (TPSA) is 87.0 Å². The number of hydrogen-bond donors (Lipinski definition) is 0. The van der Waals surface area contributed by atoms with Gasteiger partial charge in [-0.15, -0.1) is 0 Å². The molecule has 0 spiro atoms. The van der Waals surface area contributed by atoms with E-state index >= 15 is 0 Å². The van der Waals surface area contributed by atoms with Gasteiger partial charge in [-0.3, -0.25) is 24.6 Å². The number of carbonyl (C=O) groups is 2. The van der Waals surface area contributed by atoms with Crippen LogP contribution in [0.2, 0.25) is 0 Å². The van der Waals surface area contributed by atoms with Crippen molar-refractivity contribution in [2.45, 2.75) is 6.18 Å². The molecule has 8 nitrogen and oxygen atoms in total. The number of amides is 2. The number of hydrogen-bond acceptors (Lipinski definition) is 5. The van der Waals surface area contributed by atoms with Crippen molar-refractivity contribution >= 4 is 23.2 Å². The lowest BCUT2D eigenvalue weighted by molar-refractivity contribution is -0.384. The Morgan fingerprint density at radius 3 is 2.19 bits per heavy atom. The van der Waals surface area contributed by atoms with Gasteiger partial charge in [0, 0.05) is 51.0 Å². The molecule has 2 aromatic rings. The summed E-state index contributed by atoms with van der Waals surface area (Å²) in [6, 6.07) is 10.3. The summed E-state index contributed by atoms with van der Waals surface area (Å²) in [5, 5.41) is 10.7. The van der Waals surface area contributed by atoms with Crippen LogP contribution in [0.4, 0.5) is 24.5 Å². The predicted octanol–water partition coefficient (Wildman–Crippen LogP) is 3.03. The number of alkyl halides is 3. The summed E-state index contributed by atoms with van der Waals surface area (Å²) < 4.78 is 39.6. The van der Waals surface area contributed by atoms with Gasteiger partial charge in [0.2, 0.25) is 5.91 Å².